The van der Waals surface area contributed by atoms with Gasteiger partial charge in [0.1, 0.15) is 12.4 Å². The highest BCUT2D eigenvalue weighted by atomic mass is 19.1. The lowest BCUT2D eigenvalue weighted by Gasteiger charge is -2.18. The number of carbonyl (C=O) groups excluding carboxylic acids is 1. The molecule has 0 atom stereocenters. The molecular weight excluding hydrogens is 363 g/mol. The molecule has 1 aromatic carbocycles. The average Bonchev–Trinajstić information content (AvgIpc) is 3.03. The highest BCUT2D eigenvalue weighted by Crippen LogP contribution is 2.30. The number of methoxy groups -OCH3 is 1. The number of nitrogens with zero attached hydrogens (tertiary/aromatic N) is 3. The number of aromatic nitrogens is 1. The predicted molar refractivity (Wildman–Crippen MR) is 100 cm³/mol. The van der Waals surface area contributed by atoms with Crippen molar-refractivity contribution in [2.75, 3.05) is 7.11 Å². The Morgan fingerprint density at radius 2 is 2.18 bits per heavy atom. The van der Waals surface area contributed by atoms with Crippen LogP contribution in [0.5, 0.6) is 11.5 Å². The minimum atomic E-state index is -0.602. The van der Waals surface area contributed by atoms with Crippen LogP contribution in [0.4, 0.5) is 4.39 Å². The summed E-state index contributed by atoms with van der Waals surface area (Å²) in [5.74, 6) is 0.228. The van der Waals surface area contributed by atoms with E-state index in [9.17, 15) is 9.18 Å². The average molecular weight is 380 g/mol. The number of halogens is 1. The van der Waals surface area contributed by atoms with Gasteiger partial charge in [0.15, 0.2) is 17.4 Å². The van der Waals surface area contributed by atoms with Crippen LogP contribution in [0.1, 0.15) is 21.6 Å². The molecule has 3 heterocycles. The van der Waals surface area contributed by atoms with E-state index in [4.69, 9.17) is 9.47 Å². The van der Waals surface area contributed by atoms with Crippen LogP contribution in [0.3, 0.4) is 0 Å². The molecule has 0 saturated heterocycles. The Morgan fingerprint density at radius 3 is 2.86 bits per heavy atom. The monoisotopic (exact) mass is 380 g/mol. The minimum Gasteiger partial charge on any atom is -0.495 e. The third kappa shape index (κ3) is 3.32. The second kappa shape index (κ2) is 7.15. The number of rotatable bonds is 4. The minimum absolute atomic E-state index is 0.0682. The van der Waals surface area contributed by atoms with Crippen LogP contribution >= 0.6 is 0 Å². The molecule has 28 heavy (non-hydrogen) atoms. The van der Waals surface area contributed by atoms with E-state index >= 15 is 0 Å². The summed E-state index contributed by atoms with van der Waals surface area (Å²) in [6.07, 6.45) is 4.97. The quantitative estimate of drug-likeness (QED) is 0.883. The van der Waals surface area contributed by atoms with Gasteiger partial charge in [0, 0.05) is 11.3 Å². The molecule has 1 N–H and O–H groups in total. The molecule has 0 saturated carbocycles. The molecule has 0 spiro atoms. The van der Waals surface area contributed by atoms with E-state index in [1.165, 1.54) is 11.0 Å². The highest BCUT2D eigenvalue weighted by Gasteiger charge is 2.32. The number of carbonyl (C=O) groups is 1. The van der Waals surface area contributed by atoms with Crippen LogP contribution in [0.25, 0.3) is 0 Å². The Bertz CT molecular complexity index is 1010. The van der Waals surface area contributed by atoms with E-state index < -0.39 is 5.82 Å². The molecule has 0 unspecified atom stereocenters. The van der Waals surface area contributed by atoms with Crippen molar-refractivity contribution in [2.45, 2.75) is 13.2 Å². The molecular formula is C20H17FN4O3. The van der Waals surface area contributed by atoms with Crippen molar-refractivity contribution in [1.82, 2.24) is 15.3 Å². The number of hydrogen-bond acceptors (Lipinski definition) is 6. The zero-order valence-electron chi connectivity index (χ0n) is 15.1. The van der Waals surface area contributed by atoms with E-state index in [0.717, 1.165) is 0 Å². The Balaban J connectivity index is 1.51. The zero-order chi connectivity index (χ0) is 19.7. The third-order valence-electron chi connectivity index (χ3n) is 4.39. The molecule has 0 bridgehead atoms. The molecule has 0 fully saturated rings. The molecule has 7 nitrogen and oxygen atoms in total. The van der Waals surface area contributed by atoms with Crippen molar-refractivity contribution >= 4 is 11.7 Å². The van der Waals surface area contributed by atoms with E-state index in [0.29, 0.717) is 34.1 Å². The van der Waals surface area contributed by atoms with E-state index in [1.54, 1.807) is 43.7 Å². The molecule has 4 rings (SSSR count). The Morgan fingerprint density at radius 1 is 1.32 bits per heavy atom. The van der Waals surface area contributed by atoms with E-state index in [2.05, 4.69) is 22.1 Å². The number of hydrogen-bond donors (Lipinski definition) is 1. The SMILES string of the molecule is C=C1C=CC(N2Cc3cc(OCc4ccc(OC)cn4)c(F)cc3C2=O)=NN1. The number of hydrazone groups is 1. The van der Waals surface area contributed by atoms with Gasteiger partial charge in [-0.2, -0.15) is 5.10 Å². The fraction of sp³-hybridized carbons (Fsp3) is 0.150. The summed E-state index contributed by atoms with van der Waals surface area (Å²) in [4.78, 5) is 18.3. The van der Waals surface area contributed by atoms with Gasteiger partial charge in [-0.05, 0) is 42.0 Å². The summed E-state index contributed by atoms with van der Waals surface area (Å²) in [6.45, 7) is 4.10. The topological polar surface area (TPSA) is 76.1 Å². The van der Waals surface area contributed by atoms with Gasteiger partial charge in [-0.3, -0.25) is 20.1 Å². The van der Waals surface area contributed by atoms with Gasteiger partial charge in [0.05, 0.1) is 25.5 Å². The summed E-state index contributed by atoms with van der Waals surface area (Å²) < 4.78 is 25.1. The van der Waals surface area contributed by atoms with Crippen LogP contribution in [-0.2, 0) is 13.2 Å². The van der Waals surface area contributed by atoms with Gasteiger partial charge in [-0.1, -0.05) is 6.58 Å². The number of fused-ring (bicyclic) bond motifs is 1. The van der Waals surface area contributed by atoms with Crippen molar-refractivity contribution in [3.8, 4) is 11.5 Å². The van der Waals surface area contributed by atoms with Crippen molar-refractivity contribution in [1.29, 1.82) is 0 Å². The smallest absolute Gasteiger partial charge is 0.260 e. The molecule has 2 aliphatic heterocycles. The molecule has 2 aliphatic rings. The van der Waals surface area contributed by atoms with Crippen LogP contribution < -0.4 is 14.9 Å². The first-order chi connectivity index (χ1) is 13.5. The summed E-state index contributed by atoms with van der Waals surface area (Å²) in [7, 11) is 1.55. The predicted octanol–water partition coefficient (Wildman–Crippen LogP) is 2.75. The first-order valence-corrected chi connectivity index (χ1v) is 8.52. The van der Waals surface area contributed by atoms with Gasteiger partial charge >= 0.3 is 0 Å². The van der Waals surface area contributed by atoms with E-state index in [1.807, 2.05) is 0 Å². The van der Waals surface area contributed by atoms with Gasteiger partial charge in [0.25, 0.3) is 5.91 Å². The first kappa shape index (κ1) is 17.7. The maximum Gasteiger partial charge on any atom is 0.260 e. The van der Waals surface area contributed by atoms with Crippen molar-refractivity contribution in [2.24, 2.45) is 5.10 Å². The number of amidine groups is 1. The lowest BCUT2D eigenvalue weighted by atomic mass is 10.1. The standard InChI is InChI=1S/C20H17FN4O3/c1-12-3-6-19(24-23-12)25-10-13-7-18(17(21)8-16(13)20(25)26)28-11-14-4-5-15(27-2)9-22-14/h3-9,23H,1,10-11H2,2H3. The summed E-state index contributed by atoms with van der Waals surface area (Å²) in [5.41, 5.74) is 4.95. The maximum absolute atomic E-state index is 14.5. The van der Waals surface area contributed by atoms with Gasteiger partial charge in [0.2, 0.25) is 0 Å². The number of benzene rings is 1. The number of allylic oxidation sites excluding steroid dienone is 1. The Labute approximate surface area is 160 Å². The largest absolute Gasteiger partial charge is 0.495 e. The second-order valence-electron chi connectivity index (χ2n) is 6.25. The van der Waals surface area contributed by atoms with Gasteiger partial charge in [-0.25, -0.2) is 4.39 Å². The normalized spacial score (nSPS) is 15.2. The van der Waals surface area contributed by atoms with Crippen molar-refractivity contribution < 1.29 is 18.7 Å². The zero-order valence-corrected chi connectivity index (χ0v) is 15.1. The molecule has 2 aromatic rings. The summed E-state index contributed by atoms with van der Waals surface area (Å²) >= 11 is 0. The maximum atomic E-state index is 14.5. The number of nitrogens with one attached hydrogen (secondary N) is 1. The van der Waals surface area contributed by atoms with Crippen molar-refractivity contribution in [3.05, 3.63) is 77.5 Å². The second-order valence-corrected chi connectivity index (χ2v) is 6.25. The summed E-state index contributed by atoms with van der Waals surface area (Å²) in [6, 6.07) is 6.24. The number of amides is 1. The fourth-order valence-corrected chi connectivity index (χ4v) is 2.91. The molecule has 0 radical (unpaired) electrons. The van der Waals surface area contributed by atoms with Crippen LogP contribution in [0, 0.1) is 5.82 Å². The first-order valence-electron chi connectivity index (χ1n) is 8.52. The molecule has 0 aliphatic carbocycles. The van der Waals surface area contributed by atoms with Crippen LogP contribution in [0.15, 0.2) is 60.0 Å². The third-order valence-corrected chi connectivity index (χ3v) is 4.39. The lowest BCUT2D eigenvalue weighted by Crippen LogP contribution is -2.32. The summed E-state index contributed by atoms with van der Waals surface area (Å²) in [5, 5.41) is 4.10. The molecule has 1 aromatic heterocycles. The van der Waals surface area contributed by atoms with Gasteiger partial charge in [-0.15, -0.1) is 0 Å². The highest BCUT2D eigenvalue weighted by molar-refractivity contribution is 6.13. The van der Waals surface area contributed by atoms with Gasteiger partial charge < -0.3 is 9.47 Å². The van der Waals surface area contributed by atoms with Crippen LogP contribution in [0.2, 0.25) is 0 Å². The Hall–Kier alpha value is -3.68. The number of ether oxygens (including phenoxy) is 2. The van der Waals surface area contributed by atoms with E-state index in [-0.39, 0.29) is 24.8 Å². The van der Waals surface area contributed by atoms with Crippen LogP contribution in [-0.4, -0.2) is 28.7 Å². The lowest BCUT2D eigenvalue weighted by molar-refractivity contribution is 0.0865. The fourth-order valence-electron chi connectivity index (χ4n) is 2.91. The molecule has 1 amide bonds. The Kier molecular flexibility index (Phi) is 4.52. The number of pyridine rings is 1. The molecule has 8 heteroatoms. The van der Waals surface area contributed by atoms with Crippen molar-refractivity contribution in [3.63, 3.8) is 0 Å². The molecule has 142 valence electrons.